The van der Waals surface area contributed by atoms with Crippen molar-refractivity contribution in [3.63, 3.8) is 0 Å². The second kappa shape index (κ2) is 11.3. The number of carbonyl (C=O) groups excluding carboxylic acids is 5. The van der Waals surface area contributed by atoms with Gasteiger partial charge in [0.25, 0.3) is 17.7 Å². The number of amides is 4. The fraction of sp³-hybridized carbons (Fsp3) is 0.400. The first-order valence-corrected chi connectivity index (χ1v) is 12.4. The second-order valence-electron chi connectivity index (χ2n) is 7.92. The van der Waals surface area contributed by atoms with Crippen LogP contribution in [0.4, 0.5) is 5.00 Å². The summed E-state index contributed by atoms with van der Waals surface area (Å²) in [7, 11) is 0. The Labute approximate surface area is 208 Å². The van der Waals surface area contributed by atoms with Crippen LogP contribution in [0.15, 0.2) is 24.3 Å². The number of nitrogens with zero attached hydrogens (tertiary/aromatic N) is 2. The van der Waals surface area contributed by atoms with Gasteiger partial charge in [0.05, 0.1) is 28.2 Å². The Balaban J connectivity index is 1.71. The van der Waals surface area contributed by atoms with E-state index in [1.165, 1.54) is 0 Å². The molecular weight excluding hydrogens is 470 g/mol. The number of anilines is 1. The van der Waals surface area contributed by atoms with Crippen LogP contribution in [0, 0.1) is 6.92 Å². The predicted molar refractivity (Wildman–Crippen MR) is 132 cm³/mol. The van der Waals surface area contributed by atoms with Gasteiger partial charge >= 0.3 is 5.97 Å². The van der Waals surface area contributed by atoms with Crippen molar-refractivity contribution in [2.24, 2.45) is 0 Å². The van der Waals surface area contributed by atoms with Crippen molar-refractivity contribution in [1.29, 1.82) is 0 Å². The lowest BCUT2D eigenvalue weighted by Crippen LogP contribution is -2.31. The standard InChI is InChI=1S/C25H29N3O6S/c1-5-27(6-2)24(32)20-15(4)19(25(33)34-7-3)21(35-20)26-18(29)13-10-14-28-22(30)16-11-8-9-12-17(16)23(28)31/h8-9,11-12H,5-7,10,13-14H2,1-4H3,(H,26,29). The second-order valence-corrected chi connectivity index (χ2v) is 8.94. The summed E-state index contributed by atoms with van der Waals surface area (Å²) in [6, 6.07) is 6.61. The van der Waals surface area contributed by atoms with E-state index in [2.05, 4.69) is 5.32 Å². The summed E-state index contributed by atoms with van der Waals surface area (Å²) in [5, 5.41) is 2.98. The van der Waals surface area contributed by atoms with E-state index in [0.29, 0.717) is 34.7 Å². The molecule has 0 aliphatic carbocycles. The zero-order valence-electron chi connectivity index (χ0n) is 20.3. The molecule has 0 saturated heterocycles. The van der Waals surface area contributed by atoms with Crippen molar-refractivity contribution in [2.45, 2.75) is 40.5 Å². The predicted octanol–water partition coefficient (Wildman–Crippen LogP) is 3.73. The first-order chi connectivity index (χ1) is 16.7. The highest BCUT2D eigenvalue weighted by Crippen LogP contribution is 2.35. The summed E-state index contributed by atoms with van der Waals surface area (Å²) in [6.45, 7) is 8.36. The highest BCUT2D eigenvalue weighted by Gasteiger charge is 2.34. The number of esters is 1. The first kappa shape index (κ1) is 26.1. The molecule has 0 saturated carbocycles. The van der Waals surface area contributed by atoms with Gasteiger partial charge in [0.1, 0.15) is 5.00 Å². The van der Waals surface area contributed by atoms with E-state index in [9.17, 15) is 24.0 Å². The monoisotopic (exact) mass is 499 g/mol. The highest BCUT2D eigenvalue weighted by atomic mass is 32.1. The van der Waals surface area contributed by atoms with Crippen molar-refractivity contribution in [3.8, 4) is 0 Å². The molecule has 10 heteroatoms. The number of ether oxygens (including phenoxy) is 1. The molecule has 9 nitrogen and oxygen atoms in total. The van der Waals surface area contributed by atoms with Crippen LogP contribution in [0.2, 0.25) is 0 Å². The summed E-state index contributed by atoms with van der Waals surface area (Å²) < 4.78 is 5.15. The quantitative estimate of drug-likeness (QED) is 0.394. The van der Waals surface area contributed by atoms with Crippen LogP contribution in [0.1, 0.15) is 79.9 Å². The minimum Gasteiger partial charge on any atom is -0.462 e. The molecule has 1 aromatic carbocycles. The van der Waals surface area contributed by atoms with Gasteiger partial charge in [0.2, 0.25) is 5.91 Å². The maximum atomic E-state index is 12.9. The topological polar surface area (TPSA) is 113 Å². The Hall–Kier alpha value is -3.53. The van der Waals surface area contributed by atoms with Gasteiger partial charge < -0.3 is 15.0 Å². The van der Waals surface area contributed by atoms with Crippen LogP contribution in [0.25, 0.3) is 0 Å². The molecule has 3 rings (SSSR count). The van der Waals surface area contributed by atoms with Crippen LogP contribution in [0.3, 0.4) is 0 Å². The van der Waals surface area contributed by atoms with Crippen LogP contribution < -0.4 is 5.32 Å². The van der Waals surface area contributed by atoms with Gasteiger partial charge in [-0.3, -0.25) is 24.1 Å². The van der Waals surface area contributed by atoms with Gasteiger partial charge in [-0.25, -0.2) is 4.79 Å². The van der Waals surface area contributed by atoms with E-state index in [1.807, 2.05) is 13.8 Å². The Kier molecular flexibility index (Phi) is 8.39. The van der Waals surface area contributed by atoms with E-state index in [4.69, 9.17) is 4.74 Å². The molecule has 0 fully saturated rings. The zero-order valence-corrected chi connectivity index (χ0v) is 21.1. The molecule has 1 aliphatic heterocycles. The number of benzene rings is 1. The van der Waals surface area contributed by atoms with E-state index in [1.54, 1.807) is 43.0 Å². The highest BCUT2D eigenvalue weighted by molar-refractivity contribution is 7.18. The van der Waals surface area contributed by atoms with Gasteiger partial charge in [-0.15, -0.1) is 11.3 Å². The van der Waals surface area contributed by atoms with Gasteiger partial charge in [0, 0.05) is 26.1 Å². The molecule has 0 atom stereocenters. The van der Waals surface area contributed by atoms with E-state index < -0.39 is 11.9 Å². The van der Waals surface area contributed by atoms with Gasteiger partial charge in [-0.1, -0.05) is 12.1 Å². The van der Waals surface area contributed by atoms with Crippen LogP contribution in [-0.2, 0) is 9.53 Å². The van der Waals surface area contributed by atoms with Gasteiger partial charge in [-0.2, -0.15) is 0 Å². The molecule has 2 aromatic rings. The average Bonchev–Trinajstić information content (AvgIpc) is 3.28. The van der Waals surface area contributed by atoms with Crippen molar-refractivity contribution in [3.05, 3.63) is 51.4 Å². The van der Waals surface area contributed by atoms with Crippen LogP contribution in [0.5, 0.6) is 0 Å². The molecule has 186 valence electrons. The molecule has 2 heterocycles. The Morgan fingerprint density at radius 1 is 1.03 bits per heavy atom. The summed E-state index contributed by atoms with van der Waals surface area (Å²) in [6.07, 6.45) is 0.271. The third-order valence-electron chi connectivity index (χ3n) is 5.79. The SMILES string of the molecule is CCOC(=O)c1c(NC(=O)CCCN2C(=O)c3ccccc3C2=O)sc(C(=O)N(CC)CC)c1C. The molecule has 0 radical (unpaired) electrons. The number of fused-ring (bicyclic) bond motifs is 1. The van der Waals surface area contributed by atoms with Gasteiger partial charge in [0.15, 0.2) is 0 Å². The molecule has 1 N–H and O–H groups in total. The molecular formula is C25H29N3O6S. The lowest BCUT2D eigenvalue weighted by molar-refractivity contribution is -0.116. The van der Waals surface area contributed by atoms with Gasteiger partial charge in [-0.05, 0) is 51.8 Å². The summed E-state index contributed by atoms with van der Waals surface area (Å²) >= 11 is 1.04. The van der Waals surface area contributed by atoms with Crippen molar-refractivity contribution < 1.29 is 28.7 Å². The molecule has 35 heavy (non-hydrogen) atoms. The largest absolute Gasteiger partial charge is 0.462 e. The Morgan fingerprint density at radius 3 is 2.17 bits per heavy atom. The van der Waals surface area contributed by atoms with E-state index in [0.717, 1.165) is 16.2 Å². The molecule has 0 bridgehead atoms. The fourth-order valence-electron chi connectivity index (χ4n) is 3.94. The Morgan fingerprint density at radius 2 is 1.63 bits per heavy atom. The maximum absolute atomic E-state index is 12.9. The van der Waals surface area contributed by atoms with Crippen molar-refractivity contribution in [1.82, 2.24) is 9.80 Å². The maximum Gasteiger partial charge on any atom is 0.341 e. The number of rotatable bonds is 10. The minimum absolute atomic E-state index is 0.0198. The summed E-state index contributed by atoms with van der Waals surface area (Å²) in [5.41, 5.74) is 1.36. The smallest absolute Gasteiger partial charge is 0.341 e. The molecule has 1 aromatic heterocycles. The van der Waals surface area contributed by atoms with Crippen molar-refractivity contribution >= 4 is 45.9 Å². The van der Waals surface area contributed by atoms with E-state index >= 15 is 0 Å². The number of carbonyl (C=O) groups is 5. The fourth-order valence-corrected chi connectivity index (χ4v) is 5.12. The Bertz CT molecular complexity index is 1130. The molecule has 1 aliphatic rings. The molecule has 4 amide bonds. The number of hydrogen-bond acceptors (Lipinski definition) is 7. The molecule has 0 unspecified atom stereocenters. The number of hydrogen-bond donors (Lipinski definition) is 1. The van der Waals surface area contributed by atoms with Crippen LogP contribution >= 0.6 is 11.3 Å². The summed E-state index contributed by atoms with van der Waals surface area (Å²) in [5.74, 6) is -1.96. The number of thiophene rings is 1. The third-order valence-corrected chi connectivity index (χ3v) is 6.98. The number of imide groups is 1. The first-order valence-electron chi connectivity index (χ1n) is 11.6. The lowest BCUT2D eigenvalue weighted by Gasteiger charge is -2.18. The minimum atomic E-state index is -0.610. The van der Waals surface area contributed by atoms with Crippen molar-refractivity contribution in [2.75, 3.05) is 31.6 Å². The third kappa shape index (κ3) is 5.27. The summed E-state index contributed by atoms with van der Waals surface area (Å²) in [4.78, 5) is 66.4. The zero-order chi connectivity index (χ0) is 25.7. The molecule has 0 spiro atoms. The average molecular weight is 500 g/mol. The normalized spacial score (nSPS) is 12.5. The van der Waals surface area contributed by atoms with E-state index in [-0.39, 0.29) is 54.3 Å². The number of nitrogens with one attached hydrogen (secondary N) is 1. The lowest BCUT2D eigenvalue weighted by atomic mass is 10.1. The van der Waals surface area contributed by atoms with Crippen LogP contribution in [-0.4, -0.2) is 65.6 Å².